The number of fused-ring (bicyclic) bond motifs is 6. The summed E-state index contributed by atoms with van der Waals surface area (Å²) in [5.74, 6) is -0.456. The summed E-state index contributed by atoms with van der Waals surface area (Å²) in [6, 6.07) is 18.4. The number of carbonyl (C=O) groups is 1. The van der Waals surface area contributed by atoms with Crippen LogP contribution in [0.4, 0.5) is 0 Å². The van der Waals surface area contributed by atoms with Crippen LogP contribution in [0.15, 0.2) is 65.5 Å². The molecular formula is C24H15N5O3. The maximum absolute atomic E-state index is 13.5. The van der Waals surface area contributed by atoms with Crippen LogP contribution in [0, 0.1) is 0 Å². The molecule has 2 aliphatic heterocycles. The van der Waals surface area contributed by atoms with Gasteiger partial charge in [0, 0.05) is 16.5 Å². The molecule has 0 fully saturated rings. The Morgan fingerprint density at radius 1 is 0.969 bits per heavy atom. The molecule has 2 aliphatic rings. The minimum Gasteiger partial charge on any atom is -0.459 e. The van der Waals surface area contributed by atoms with E-state index < -0.39 is 12.0 Å². The molecule has 0 aliphatic carbocycles. The molecule has 0 radical (unpaired) electrons. The number of hydrogen-bond donors (Lipinski definition) is 0. The van der Waals surface area contributed by atoms with Crippen LogP contribution in [0.5, 0.6) is 0 Å². The summed E-state index contributed by atoms with van der Waals surface area (Å²) in [7, 11) is 0. The molecule has 0 amide bonds. The first-order chi connectivity index (χ1) is 15.7. The van der Waals surface area contributed by atoms with Crippen LogP contribution in [0.2, 0.25) is 0 Å². The Balaban J connectivity index is 1.49. The predicted octanol–water partition coefficient (Wildman–Crippen LogP) is 2.82. The molecular weight excluding hydrogens is 406 g/mol. The van der Waals surface area contributed by atoms with Crippen molar-refractivity contribution in [3.8, 4) is 11.4 Å². The number of ether oxygens (including phenoxy) is 1. The van der Waals surface area contributed by atoms with Gasteiger partial charge in [-0.15, -0.1) is 5.10 Å². The minimum atomic E-state index is -0.880. The molecule has 8 nitrogen and oxygen atoms in total. The van der Waals surface area contributed by atoms with Gasteiger partial charge in [0.05, 0.1) is 34.5 Å². The summed E-state index contributed by atoms with van der Waals surface area (Å²) in [5.41, 5.74) is 5.59. The highest BCUT2D eigenvalue weighted by Gasteiger charge is 2.37. The molecule has 5 aromatic rings. The van der Waals surface area contributed by atoms with Crippen molar-refractivity contribution in [2.75, 3.05) is 0 Å². The van der Waals surface area contributed by atoms with Gasteiger partial charge in [-0.2, -0.15) is 0 Å². The third kappa shape index (κ3) is 2.23. The van der Waals surface area contributed by atoms with Crippen molar-refractivity contribution in [1.29, 1.82) is 0 Å². The molecule has 0 saturated heterocycles. The van der Waals surface area contributed by atoms with Crippen molar-refractivity contribution >= 4 is 27.9 Å². The Bertz CT molecular complexity index is 1670. The van der Waals surface area contributed by atoms with Gasteiger partial charge in [-0.05, 0) is 30.3 Å². The zero-order chi connectivity index (χ0) is 21.4. The van der Waals surface area contributed by atoms with Crippen molar-refractivity contribution in [3.05, 3.63) is 87.7 Å². The smallest absolute Gasteiger partial charge is 0.336 e. The van der Waals surface area contributed by atoms with Crippen molar-refractivity contribution < 1.29 is 9.53 Å². The minimum absolute atomic E-state index is 0.0534. The van der Waals surface area contributed by atoms with Gasteiger partial charge in [0.25, 0.3) is 5.56 Å². The summed E-state index contributed by atoms with van der Waals surface area (Å²) in [5, 5.41) is 9.42. The zero-order valence-electron chi connectivity index (χ0n) is 16.7. The van der Waals surface area contributed by atoms with Gasteiger partial charge in [0.2, 0.25) is 0 Å². The Hall–Kier alpha value is -4.33. The van der Waals surface area contributed by atoms with E-state index in [9.17, 15) is 9.59 Å². The average molecular weight is 421 g/mol. The number of nitrogens with zero attached hydrogens (tertiary/aromatic N) is 5. The summed E-state index contributed by atoms with van der Waals surface area (Å²) in [4.78, 5) is 31.2. The molecule has 5 heterocycles. The Kier molecular flexibility index (Phi) is 3.31. The van der Waals surface area contributed by atoms with Crippen LogP contribution in [0.25, 0.3) is 33.3 Å². The van der Waals surface area contributed by atoms with Gasteiger partial charge >= 0.3 is 5.97 Å². The molecule has 2 aromatic carbocycles. The van der Waals surface area contributed by atoms with E-state index in [1.807, 2.05) is 54.6 Å². The maximum Gasteiger partial charge on any atom is 0.336 e. The third-order valence-corrected chi connectivity index (χ3v) is 6.31. The second-order valence-corrected chi connectivity index (χ2v) is 8.08. The van der Waals surface area contributed by atoms with Crippen LogP contribution in [-0.4, -0.2) is 30.5 Å². The first kappa shape index (κ1) is 17.4. The number of benzene rings is 2. The zero-order valence-corrected chi connectivity index (χ0v) is 16.7. The van der Waals surface area contributed by atoms with Gasteiger partial charge in [0.1, 0.15) is 12.1 Å². The Labute approximate surface area is 180 Å². The molecule has 32 heavy (non-hydrogen) atoms. The number of pyridine rings is 2. The van der Waals surface area contributed by atoms with E-state index in [0.29, 0.717) is 34.4 Å². The van der Waals surface area contributed by atoms with E-state index >= 15 is 0 Å². The Morgan fingerprint density at radius 3 is 2.69 bits per heavy atom. The number of hydrogen-bond acceptors (Lipinski definition) is 6. The molecule has 1 atom stereocenters. The van der Waals surface area contributed by atoms with Crippen LogP contribution < -0.4 is 5.56 Å². The SMILES string of the molecule is O=C1OCc2c(cc3n(c2=O)Cc2cc4ccccc4nc2-3)C1n1nnc2ccccc21. The number of cyclic esters (lactones) is 1. The topological polar surface area (TPSA) is 91.9 Å². The highest BCUT2D eigenvalue weighted by atomic mass is 16.5. The lowest BCUT2D eigenvalue weighted by Gasteiger charge is -2.25. The first-order valence-electron chi connectivity index (χ1n) is 10.3. The predicted molar refractivity (Wildman–Crippen MR) is 116 cm³/mol. The van der Waals surface area contributed by atoms with Crippen molar-refractivity contribution in [1.82, 2.24) is 24.5 Å². The van der Waals surface area contributed by atoms with Crippen molar-refractivity contribution in [2.45, 2.75) is 19.2 Å². The van der Waals surface area contributed by atoms with E-state index in [2.05, 4.69) is 16.4 Å². The van der Waals surface area contributed by atoms with Crippen molar-refractivity contribution in [3.63, 3.8) is 0 Å². The van der Waals surface area contributed by atoms with E-state index in [4.69, 9.17) is 9.72 Å². The number of esters is 1. The molecule has 1 unspecified atom stereocenters. The van der Waals surface area contributed by atoms with E-state index in [-0.39, 0.29) is 12.2 Å². The Morgan fingerprint density at radius 2 is 1.78 bits per heavy atom. The van der Waals surface area contributed by atoms with Gasteiger partial charge < -0.3 is 9.30 Å². The highest BCUT2D eigenvalue weighted by Crippen LogP contribution is 2.36. The van der Waals surface area contributed by atoms with E-state index in [0.717, 1.165) is 22.2 Å². The molecule has 154 valence electrons. The number of carbonyl (C=O) groups excluding carboxylic acids is 1. The van der Waals surface area contributed by atoms with Gasteiger partial charge in [-0.25, -0.2) is 14.5 Å². The fourth-order valence-electron chi connectivity index (χ4n) is 4.78. The second-order valence-electron chi connectivity index (χ2n) is 8.08. The van der Waals surface area contributed by atoms with E-state index in [1.54, 1.807) is 4.57 Å². The monoisotopic (exact) mass is 421 g/mol. The second kappa shape index (κ2) is 6.10. The highest BCUT2D eigenvalue weighted by molar-refractivity contribution is 5.86. The molecule has 8 heteroatoms. The average Bonchev–Trinajstić information content (AvgIpc) is 3.39. The van der Waals surface area contributed by atoms with Crippen LogP contribution >= 0.6 is 0 Å². The molecule has 0 spiro atoms. The lowest BCUT2D eigenvalue weighted by molar-refractivity contribution is -0.149. The molecule has 0 saturated carbocycles. The number of para-hydroxylation sites is 2. The molecule has 0 N–H and O–H groups in total. The lowest BCUT2D eigenvalue weighted by Crippen LogP contribution is -2.35. The first-order valence-corrected chi connectivity index (χ1v) is 10.3. The normalized spacial score (nSPS) is 16.6. The van der Waals surface area contributed by atoms with Gasteiger partial charge in [-0.1, -0.05) is 35.5 Å². The third-order valence-electron chi connectivity index (χ3n) is 6.31. The maximum atomic E-state index is 13.5. The van der Waals surface area contributed by atoms with Gasteiger partial charge in [0.15, 0.2) is 6.04 Å². The standard InChI is InChI=1S/C24H15N5O3/c30-23-16-12-32-24(31)22(29-19-8-4-3-7-18(19)26-27-29)15(16)10-20-21-14(11-28(20)23)9-13-5-1-2-6-17(13)25-21/h1-10,22H,11-12H2. The number of rotatable bonds is 1. The van der Waals surface area contributed by atoms with E-state index in [1.165, 1.54) is 4.68 Å². The number of aromatic nitrogens is 5. The molecule has 0 bridgehead atoms. The fraction of sp³-hybridized carbons (Fsp3) is 0.125. The van der Waals surface area contributed by atoms with Crippen LogP contribution in [0.1, 0.15) is 22.7 Å². The summed E-state index contributed by atoms with van der Waals surface area (Å²) >= 11 is 0. The molecule has 7 rings (SSSR count). The molecule has 3 aromatic heterocycles. The summed E-state index contributed by atoms with van der Waals surface area (Å²) in [6.07, 6.45) is 0. The quantitative estimate of drug-likeness (QED) is 0.379. The lowest BCUT2D eigenvalue weighted by atomic mass is 9.98. The van der Waals surface area contributed by atoms with Crippen LogP contribution in [-0.2, 0) is 22.7 Å². The van der Waals surface area contributed by atoms with Crippen molar-refractivity contribution in [2.24, 2.45) is 0 Å². The summed E-state index contributed by atoms with van der Waals surface area (Å²) in [6.45, 7) is 0.391. The fourth-order valence-corrected chi connectivity index (χ4v) is 4.78. The largest absolute Gasteiger partial charge is 0.459 e. The van der Waals surface area contributed by atoms with Gasteiger partial charge in [-0.3, -0.25) is 4.79 Å². The van der Waals surface area contributed by atoms with Crippen LogP contribution in [0.3, 0.4) is 0 Å². The summed E-state index contributed by atoms with van der Waals surface area (Å²) < 4.78 is 8.66.